The van der Waals surface area contributed by atoms with Gasteiger partial charge in [0.1, 0.15) is 11.6 Å². The molecule has 0 fully saturated rings. The van der Waals surface area contributed by atoms with E-state index in [4.69, 9.17) is 0 Å². The van der Waals surface area contributed by atoms with Crippen LogP contribution in [0.2, 0.25) is 0 Å². The Hall–Kier alpha value is -1.26. The molecule has 18 heavy (non-hydrogen) atoms. The second kappa shape index (κ2) is 5.59. The van der Waals surface area contributed by atoms with Crippen LogP contribution < -0.4 is 5.32 Å². The predicted molar refractivity (Wildman–Crippen MR) is 70.7 cm³/mol. The molecule has 1 heterocycles. The first-order chi connectivity index (χ1) is 8.58. The van der Waals surface area contributed by atoms with E-state index < -0.39 is 11.6 Å². The highest BCUT2D eigenvalue weighted by atomic mass is 32.1. The summed E-state index contributed by atoms with van der Waals surface area (Å²) < 4.78 is 26.2. The average Bonchev–Trinajstić information content (AvgIpc) is 2.74. The first kappa shape index (κ1) is 13.2. The number of nitrogens with one attached hydrogen (secondary N) is 1. The third-order valence-electron chi connectivity index (χ3n) is 2.91. The molecule has 2 rings (SSSR count). The highest BCUT2D eigenvalue weighted by Gasteiger charge is 2.10. The van der Waals surface area contributed by atoms with E-state index in [-0.39, 0.29) is 6.04 Å². The Balaban J connectivity index is 2.01. The summed E-state index contributed by atoms with van der Waals surface area (Å²) in [6, 6.07) is 5.90. The largest absolute Gasteiger partial charge is 0.305 e. The monoisotopic (exact) mass is 267 g/mol. The summed E-state index contributed by atoms with van der Waals surface area (Å²) in [5, 5.41) is 5.29. The lowest BCUT2D eigenvalue weighted by molar-refractivity contribution is 0.536. The molecule has 0 aliphatic rings. The van der Waals surface area contributed by atoms with E-state index in [1.165, 1.54) is 22.6 Å². The van der Waals surface area contributed by atoms with Crippen LogP contribution >= 0.6 is 11.3 Å². The maximum Gasteiger partial charge on any atom is 0.130 e. The minimum absolute atomic E-state index is 0.162. The third-order valence-corrected chi connectivity index (χ3v) is 4.11. The van der Waals surface area contributed by atoms with Crippen LogP contribution in [-0.2, 0) is 6.54 Å². The lowest BCUT2D eigenvalue weighted by Gasteiger charge is -2.14. The Morgan fingerprint density at radius 3 is 2.67 bits per heavy atom. The van der Waals surface area contributed by atoms with Crippen molar-refractivity contribution in [3.63, 3.8) is 0 Å². The zero-order chi connectivity index (χ0) is 13.1. The highest BCUT2D eigenvalue weighted by Crippen LogP contribution is 2.23. The first-order valence-electron chi connectivity index (χ1n) is 5.79. The number of hydrogen-bond acceptors (Lipinski definition) is 2. The molecule has 0 saturated heterocycles. The maximum absolute atomic E-state index is 13.4. The lowest BCUT2D eigenvalue weighted by Crippen LogP contribution is -2.18. The molecular weight excluding hydrogens is 252 g/mol. The van der Waals surface area contributed by atoms with E-state index in [1.807, 2.05) is 12.3 Å². The van der Waals surface area contributed by atoms with E-state index >= 15 is 0 Å². The van der Waals surface area contributed by atoms with Crippen LogP contribution in [0, 0.1) is 18.6 Å². The molecule has 1 nitrogen and oxygen atoms in total. The summed E-state index contributed by atoms with van der Waals surface area (Å²) in [6.07, 6.45) is 0. The highest BCUT2D eigenvalue weighted by molar-refractivity contribution is 7.10. The minimum atomic E-state index is -0.543. The van der Waals surface area contributed by atoms with E-state index in [0.717, 1.165) is 6.07 Å². The molecule has 0 saturated carbocycles. The molecule has 0 radical (unpaired) electrons. The Morgan fingerprint density at radius 1 is 1.28 bits per heavy atom. The van der Waals surface area contributed by atoms with E-state index in [2.05, 4.69) is 18.3 Å². The van der Waals surface area contributed by atoms with Crippen molar-refractivity contribution in [1.82, 2.24) is 5.32 Å². The predicted octanol–water partition coefficient (Wildman–Crippen LogP) is 4.19. The van der Waals surface area contributed by atoms with Gasteiger partial charge in [0.05, 0.1) is 0 Å². The Morgan fingerprint density at radius 2 is 2.06 bits per heavy atom. The summed E-state index contributed by atoms with van der Waals surface area (Å²) in [4.78, 5) is 1.25. The second-order valence-corrected chi connectivity index (χ2v) is 5.25. The number of hydrogen-bond donors (Lipinski definition) is 1. The zero-order valence-electron chi connectivity index (χ0n) is 10.3. The maximum atomic E-state index is 13.4. The van der Waals surface area contributed by atoms with Crippen LogP contribution in [0.1, 0.15) is 29.0 Å². The van der Waals surface area contributed by atoms with E-state index in [9.17, 15) is 8.78 Å². The Labute approximate surface area is 109 Å². The van der Waals surface area contributed by atoms with Crippen LogP contribution in [0.3, 0.4) is 0 Å². The van der Waals surface area contributed by atoms with Gasteiger partial charge in [0.25, 0.3) is 0 Å². The third kappa shape index (κ3) is 2.94. The van der Waals surface area contributed by atoms with Gasteiger partial charge in [-0.3, -0.25) is 0 Å². The molecule has 0 bridgehead atoms. The van der Waals surface area contributed by atoms with Gasteiger partial charge in [0.2, 0.25) is 0 Å². The van der Waals surface area contributed by atoms with Crippen LogP contribution in [0.15, 0.2) is 29.6 Å². The van der Waals surface area contributed by atoms with Gasteiger partial charge in [-0.05, 0) is 36.9 Å². The number of halogens is 2. The SMILES string of the molecule is Cc1ccsc1C(C)NCc1ccc(F)cc1F. The van der Waals surface area contributed by atoms with Crippen molar-refractivity contribution in [3.8, 4) is 0 Å². The van der Waals surface area contributed by atoms with Gasteiger partial charge in [-0.15, -0.1) is 11.3 Å². The molecule has 96 valence electrons. The van der Waals surface area contributed by atoms with Crippen molar-refractivity contribution >= 4 is 11.3 Å². The van der Waals surface area contributed by atoms with Crippen LogP contribution in [0.4, 0.5) is 8.78 Å². The molecule has 2 aromatic rings. The minimum Gasteiger partial charge on any atom is -0.305 e. The molecule has 4 heteroatoms. The van der Waals surface area contributed by atoms with Crippen molar-refractivity contribution in [2.75, 3.05) is 0 Å². The molecule has 0 aliphatic heterocycles. The molecule has 0 spiro atoms. The Kier molecular flexibility index (Phi) is 4.09. The molecule has 0 amide bonds. The Bertz CT molecular complexity index is 536. The second-order valence-electron chi connectivity index (χ2n) is 4.31. The van der Waals surface area contributed by atoms with E-state index in [1.54, 1.807) is 11.3 Å². The van der Waals surface area contributed by atoms with Crippen LogP contribution in [0.5, 0.6) is 0 Å². The zero-order valence-corrected chi connectivity index (χ0v) is 11.2. The summed E-state index contributed by atoms with van der Waals surface area (Å²) in [5.41, 5.74) is 1.72. The van der Waals surface area contributed by atoms with E-state index in [0.29, 0.717) is 12.1 Å². The summed E-state index contributed by atoms with van der Waals surface area (Å²) in [5.74, 6) is -1.05. The number of benzene rings is 1. The van der Waals surface area contributed by atoms with Gasteiger partial charge in [-0.1, -0.05) is 6.07 Å². The fourth-order valence-electron chi connectivity index (χ4n) is 1.85. The molecule has 1 N–H and O–H groups in total. The van der Waals surface area contributed by atoms with Gasteiger partial charge in [-0.2, -0.15) is 0 Å². The van der Waals surface area contributed by atoms with Crippen molar-refractivity contribution in [1.29, 1.82) is 0 Å². The van der Waals surface area contributed by atoms with Gasteiger partial charge < -0.3 is 5.32 Å². The normalized spacial score (nSPS) is 12.7. The lowest BCUT2D eigenvalue weighted by atomic mass is 10.1. The van der Waals surface area contributed by atoms with Crippen molar-refractivity contribution < 1.29 is 8.78 Å². The standard InChI is InChI=1S/C14H15F2NS/c1-9-5-6-18-14(9)10(2)17-8-11-3-4-12(15)7-13(11)16/h3-7,10,17H,8H2,1-2H3. The topological polar surface area (TPSA) is 12.0 Å². The molecule has 1 atom stereocenters. The first-order valence-corrected chi connectivity index (χ1v) is 6.67. The number of aryl methyl sites for hydroxylation is 1. The fraction of sp³-hybridized carbons (Fsp3) is 0.286. The summed E-state index contributed by atoms with van der Waals surface area (Å²) in [7, 11) is 0. The van der Waals surface area contributed by atoms with Crippen LogP contribution in [-0.4, -0.2) is 0 Å². The molecule has 1 aromatic carbocycles. The quantitative estimate of drug-likeness (QED) is 0.876. The van der Waals surface area contributed by atoms with Gasteiger partial charge >= 0.3 is 0 Å². The molecular formula is C14H15F2NS. The van der Waals surface area contributed by atoms with Gasteiger partial charge in [0, 0.05) is 29.1 Å². The summed E-state index contributed by atoms with van der Waals surface area (Å²) in [6.45, 7) is 4.49. The van der Waals surface area contributed by atoms with Crippen molar-refractivity contribution in [2.24, 2.45) is 0 Å². The summed E-state index contributed by atoms with van der Waals surface area (Å²) >= 11 is 1.68. The number of thiophene rings is 1. The number of rotatable bonds is 4. The van der Waals surface area contributed by atoms with Crippen molar-refractivity contribution in [3.05, 3.63) is 57.3 Å². The van der Waals surface area contributed by atoms with Crippen LogP contribution in [0.25, 0.3) is 0 Å². The molecule has 1 aromatic heterocycles. The molecule has 0 aliphatic carbocycles. The fourth-order valence-corrected chi connectivity index (χ4v) is 2.81. The van der Waals surface area contributed by atoms with Crippen molar-refractivity contribution in [2.45, 2.75) is 26.4 Å². The van der Waals surface area contributed by atoms with Gasteiger partial charge in [-0.25, -0.2) is 8.78 Å². The average molecular weight is 267 g/mol. The smallest absolute Gasteiger partial charge is 0.130 e. The molecule has 1 unspecified atom stereocenters. The van der Waals surface area contributed by atoms with Gasteiger partial charge in [0.15, 0.2) is 0 Å².